The SMILES string of the molecule is CCOCC(C)OC(=O)CC1(CN)CCC1. The van der Waals surface area contributed by atoms with Crippen LogP contribution in [0.2, 0.25) is 0 Å². The second-order valence-electron chi connectivity index (χ2n) is 4.69. The van der Waals surface area contributed by atoms with E-state index < -0.39 is 0 Å². The maximum Gasteiger partial charge on any atom is 0.306 e. The van der Waals surface area contributed by atoms with Gasteiger partial charge >= 0.3 is 5.97 Å². The van der Waals surface area contributed by atoms with Crippen LogP contribution in [0.4, 0.5) is 0 Å². The lowest BCUT2D eigenvalue weighted by atomic mass is 9.67. The summed E-state index contributed by atoms with van der Waals surface area (Å²) >= 11 is 0. The lowest BCUT2D eigenvalue weighted by molar-refractivity contribution is -0.155. The van der Waals surface area contributed by atoms with Crippen LogP contribution in [0.25, 0.3) is 0 Å². The average molecular weight is 229 g/mol. The maximum atomic E-state index is 11.7. The summed E-state index contributed by atoms with van der Waals surface area (Å²) in [5.74, 6) is -0.141. The molecule has 4 heteroatoms. The molecule has 1 unspecified atom stereocenters. The molecule has 1 fully saturated rings. The molecule has 0 amide bonds. The number of nitrogens with two attached hydrogens (primary N) is 1. The summed E-state index contributed by atoms with van der Waals surface area (Å²) in [5.41, 5.74) is 5.73. The molecule has 0 aromatic heterocycles. The van der Waals surface area contributed by atoms with Crippen molar-refractivity contribution in [2.45, 2.75) is 45.6 Å². The van der Waals surface area contributed by atoms with E-state index in [2.05, 4.69) is 0 Å². The van der Waals surface area contributed by atoms with Crippen molar-refractivity contribution in [2.75, 3.05) is 19.8 Å². The van der Waals surface area contributed by atoms with Crippen molar-refractivity contribution < 1.29 is 14.3 Å². The molecule has 94 valence electrons. The molecule has 0 spiro atoms. The second-order valence-corrected chi connectivity index (χ2v) is 4.69. The molecule has 16 heavy (non-hydrogen) atoms. The molecule has 0 aromatic rings. The molecule has 1 aliphatic carbocycles. The van der Waals surface area contributed by atoms with Gasteiger partial charge in [-0.2, -0.15) is 0 Å². The molecule has 2 N–H and O–H groups in total. The quantitative estimate of drug-likeness (QED) is 0.672. The van der Waals surface area contributed by atoms with Gasteiger partial charge in [-0.3, -0.25) is 4.79 Å². The van der Waals surface area contributed by atoms with E-state index >= 15 is 0 Å². The van der Waals surface area contributed by atoms with Crippen LogP contribution in [-0.4, -0.2) is 31.8 Å². The van der Waals surface area contributed by atoms with E-state index in [1.807, 2.05) is 13.8 Å². The lowest BCUT2D eigenvalue weighted by Gasteiger charge is -2.40. The Hall–Kier alpha value is -0.610. The Bertz CT molecular complexity index is 221. The van der Waals surface area contributed by atoms with Crippen molar-refractivity contribution >= 4 is 5.97 Å². The summed E-state index contributed by atoms with van der Waals surface area (Å²) in [6.45, 7) is 5.48. The molecule has 0 bridgehead atoms. The first-order valence-electron chi connectivity index (χ1n) is 6.09. The van der Waals surface area contributed by atoms with Gasteiger partial charge in [0.05, 0.1) is 13.0 Å². The van der Waals surface area contributed by atoms with Gasteiger partial charge < -0.3 is 15.2 Å². The van der Waals surface area contributed by atoms with Crippen molar-refractivity contribution in [2.24, 2.45) is 11.1 Å². The second kappa shape index (κ2) is 6.21. The first kappa shape index (κ1) is 13.5. The Balaban J connectivity index is 2.24. The Morgan fingerprint density at radius 2 is 2.19 bits per heavy atom. The molecule has 0 aromatic carbocycles. The van der Waals surface area contributed by atoms with Crippen LogP contribution in [0.15, 0.2) is 0 Å². The predicted octanol–water partition coefficient (Wildman–Crippen LogP) is 1.47. The summed E-state index contributed by atoms with van der Waals surface area (Å²) < 4.78 is 10.5. The highest BCUT2D eigenvalue weighted by Crippen LogP contribution is 2.43. The molecule has 1 saturated carbocycles. The van der Waals surface area contributed by atoms with Crippen LogP contribution >= 0.6 is 0 Å². The van der Waals surface area contributed by atoms with Gasteiger partial charge in [0.25, 0.3) is 0 Å². The lowest BCUT2D eigenvalue weighted by Crippen LogP contribution is -2.40. The summed E-state index contributed by atoms with van der Waals surface area (Å²) in [6.07, 6.45) is 3.58. The summed E-state index contributed by atoms with van der Waals surface area (Å²) in [6, 6.07) is 0. The fraction of sp³-hybridized carbons (Fsp3) is 0.917. The van der Waals surface area contributed by atoms with E-state index in [-0.39, 0.29) is 17.5 Å². The van der Waals surface area contributed by atoms with Gasteiger partial charge in [-0.05, 0) is 38.6 Å². The highest BCUT2D eigenvalue weighted by atomic mass is 16.6. The van der Waals surface area contributed by atoms with Crippen molar-refractivity contribution in [1.82, 2.24) is 0 Å². The van der Waals surface area contributed by atoms with Crippen molar-refractivity contribution in [3.8, 4) is 0 Å². The Morgan fingerprint density at radius 3 is 2.62 bits per heavy atom. The molecule has 0 aliphatic heterocycles. The Morgan fingerprint density at radius 1 is 1.50 bits per heavy atom. The molecule has 1 rings (SSSR count). The van der Waals surface area contributed by atoms with E-state index in [4.69, 9.17) is 15.2 Å². The number of ether oxygens (including phenoxy) is 2. The van der Waals surface area contributed by atoms with E-state index in [0.717, 1.165) is 12.8 Å². The Kier molecular flexibility index (Phi) is 5.22. The minimum Gasteiger partial charge on any atom is -0.460 e. The van der Waals surface area contributed by atoms with Gasteiger partial charge in [-0.15, -0.1) is 0 Å². The van der Waals surface area contributed by atoms with Gasteiger partial charge in [-0.1, -0.05) is 6.42 Å². The molecular formula is C12H23NO3. The summed E-state index contributed by atoms with van der Waals surface area (Å²) in [4.78, 5) is 11.7. The molecule has 0 heterocycles. The first-order valence-corrected chi connectivity index (χ1v) is 6.09. The van der Waals surface area contributed by atoms with E-state index in [1.165, 1.54) is 6.42 Å². The number of hydrogen-bond donors (Lipinski definition) is 1. The van der Waals surface area contributed by atoms with Crippen molar-refractivity contribution in [3.05, 3.63) is 0 Å². The third kappa shape index (κ3) is 3.76. The van der Waals surface area contributed by atoms with Gasteiger partial charge in [-0.25, -0.2) is 0 Å². The van der Waals surface area contributed by atoms with Crippen LogP contribution < -0.4 is 5.73 Å². The van der Waals surface area contributed by atoms with Crippen LogP contribution in [0, 0.1) is 5.41 Å². The number of esters is 1. The molecule has 0 radical (unpaired) electrons. The summed E-state index contributed by atoms with van der Waals surface area (Å²) in [5, 5.41) is 0. The first-order chi connectivity index (χ1) is 7.62. The number of hydrogen-bond acceptors (Lipinski definition) is 4. The Labute approximate surface area is 97.5 Å². The highest BCUT2D eigenvalue weighted by Gasteiger charge is 2.38. The van der Waals surface area contributed by atoms with E-state index in [0.29, 0.717) is 26.2 Å². The third-order valence-corrected chi connectivity index (χ3v) is 3.26. The average Bonchev–Trinajstić information content (AvgIpc) is 2.20. The smallest absolute Gasteiger partial charge is 0.306 e. The van der Waals surface area contributed by atoms with E-state index in [1.54, 1.807) is 0 Å². The van der Waals surface area contributed by atoms with Crippen LogP contribution in [0.5, 0.6) is 0 Å². The van der Waals surface area contributed by atoms with Gasteiger partial charge in [0, 0.05) is 6.61 Å². The van der Waals surface area contributed by atoms with E-state index in [9.17, 15) is 4.79 Å². The zero-order valence-corrected chi connectivity index (χ0v) is 10.3. The molecular weight excluding hydrogens is 206 g/mol. The predicted molar refractivity (Wildman–Crippen MR) is 62.0 cm³/mol. The van der Waals surface area contributed by atoms with Gasteiger partial charge in [0.2, 0.25) is 0 Å². The van der Waals surface area contributed by atoms with Gasteiger partial charge in [0.1, 0.15) is 6.10 Å². The number of carbonyl (C=O) groups is 1. The van der Waals surface area contributed by atoms with Gasteiger partial charge in [0.15, 0.2) is 0 Å². The third-order valence-electron chi connectivity index (χ3n) is 3.26. The number of rotatable bonds is 7. The molecule has 1 aliphatic rings. The molecule has 4 nitrogen and oxygen atoms in total. The fourth-order valence-electron chi connectivity index (χ4n) is 2.02. The van der Waals surface area contributed by atoms with Crippen LogP contribution in [-0.2, 0) is 14.3 Å². The normalized spacial score (nSPS) is 19.9. The zero-order valence-electron chi connectivity index (χ0n) is 10.3. The summed E-state index contributed by atoms with van der Waals surface area (Å²) in [7, 11) is 0. The number of carbonyl (C=O) groups excluding carboxylic acids is 1. The van der Waals surface area contributed by atoms with Crippen molar-refractivity contribution in [3.63, 3.8) is 0 Å². The largest absolute Gasteiger partial charge is 0.460 e. The highest BCUT2D eigenvalue weighted by molar-refractivity contribution is 5.70. The molecule has 1 atom stereocenters. The maximum absolute atomic E-state index is 11.7. The minimum atomic E-state index is -0.164. The standard InChI is InChI=1S/C12H23NO3/c1-3-15-8-10(2)16-11(14)7-12(9-13)5-4-6-12/h10H,3-9,13H2,1-2H3. The van der Waals surface area contributed by atoms with Crippen molar-refractivity contribution in [1.29, 1.82) is 0 Å². The zero-order chi connectivity index (χ0) is 12.0. The minimum absolute atomic E-state index is 0.0302. The molecule has 0 saturated heterocycles. The van der Waals surface area contributed by atoms with Crippen LogP contribution in [0.1, 0.15) is 39.5 Å². The topological polar surface area (TPSA) is 61.5 Å². The van der Waals surface area contributed by atoms with Crippen LogP contribution in [0.3, 0.4) is 0 Å². The monoisotopic (exact) mass is 229 g/mol. The fourth-order valence-corrected chi connectivity index (χ4v) is 2.02.